The standard InChI is InChI=1S/C26H30F3N5O3S/c1-15-10-18(32-21(11-15)33-20-12-16(6-8-30-20)26(27,28)29)19-13-31-22(38-19)25(5,36)17-7-9-34(14-17)23(35)37-24(2,3)4/h6,8,10-13,17,36H,7,9,14H2,1-5H3,(H,30,32,33). The number of carbonyl (C=O) groups excluding carboxylic acids is 1. The van der Waals surface area contributed by atoms with Crippen LogP contribution in [0.4, 0.5) is 29.6 Å². The molecule has 3 aromatic rings. The fraction of sp³-hybridized carbons (Fsp3) is 0.462. The molecule has 12 heteroatoms. The van der Waals surface area contributed by atoms with Gasteiger partial charge in [-0.25, -0.2) is 19.7 Å². The Morgan fingerprint density at radius 3 is 2.58 bits per heavy atom. The van der Waals surface area contributed by atoms with E-state index in [2.05, 4.69) is 20.3 Å². The summed E-state index contributed by atoms with van der Waals surface area (Å²) in [4.78, 5) is 27.7. The predicted octanol–water partition coefficient (Wildman–Crippen LogP) is 6.14. The van der Waals surface area contributed by atoms with Crippen molar-refractivity contribution in [3.63, 3.8) is 0 Å². The maximum atomic E-state index is 13.1. The Balaban J connectivity index is 1.51. The average Bonchev–Trinajstić information content (AvgIpc) is 3.48. The van der Waals surface area contributed by atoms with E-state index in [0.29, 0.717) is 40.9 Å². The van der Waals surface area contributed by atoms with Gasteiger partial charge in [0.15, 0.2) is 0 Å². The van der Waals surface area contributed by atoms with Crippen molar-refractivity contribution in [2.45, 2.75) is 58.4 Å². The number of nitrogens with one attached hydrogen (secondary N) is 1. The van der Waals surface area contributed by atoms with Gasteiger partial charge < -0.3 is 20.1 Å². The first-order valence-corrected chi connectivity index (χ1v) is 12.9. The van der Waals surface area contributed by atoms with Gasteiger partial charge in [-0.3, -0.25) is 0 Å². The molecular weight excluding hydrogens is 519 g/mol. The number of anilines is 2. The summed E-state index contributed by atoms with van der Waals surface area (Å²) in [7, 11) is 0. The number of pyridine rings is 2. The van der Waals surface area contributed by atoms with Crippen LogP contribution in [-0.2, 0) is 16.5 Å². The maximum absolute atomic E-state index is 13.1. The monoisotopic (exact) mass is 549 g/mol. The Morgan fingerprint density at radius 1 is 1.16 bits per heavy atom. The van der Waals surface area contributed by atoms with Crippen LogP contribution in [0.1, 0.15) is 50.3 Å². The lowest BCUT2D eigenvalue weighted by atomic mass is 9.89. The maximum Gasteiger partial charge on any atom is 0.416 e. The Kier molecular flexibility index (Phi) is 7.41. The lowest BCUT2D eigenvalue weighted by Crippen LogP contribution is -2.38. The number of halogens is 3. The van der Waals surface area contributed by atoms with E-state index in [1.165, 1.54) is 11.3 Å². The zero-order valence-corrected chi connectivity index (χ0v) is 22.6. The molecule has 38 heavy (non-hydrogen) atoms. The first kappa shape index (κ1) is 27.8. The number of hydrogen-bond acceptors (Lipinski definition) is 8. The molecule has 0 aliphatic carbocycles. The fourth-order valence-electron chi connectivity index (χ4n) is 4.18. The highest BCUT2D eigenvalue weighted by atomic mass is 32.1. The number of likely N-dealkylation sites (tertiary alicyclic amines) is 1. The van der Waals surface area contributed by atoms with Crippen LogP contribution in [0.15, 0.2) is 36.7 Å². The van der Waals surface area contributed by atoms with Crippen LogP contribution in [0.5, 0.6) is 0 Å². The van der Waals surface area contributed by atoms with E-state index >= 15 is 0 Å². The van der Waals surface area contributed by atoms with Crippen LogP contribution in [0, 0.1) is 12.8 Å². The van der Waals surface area contributed by atoms with E-state index < -0.39 is 29.0 Å². The summed E-state index contributed by atoms with van der Waals surface area (Å²) >= 11 is 1.28. The summed E-state index contributed by atoms with van der Waals surface area (Å²) in [6.45, 7) is 9.78. The number of ether oxygens (including phenoxy) is 1. The lowest BCUT2D eigenvalue weighted by Gasteiger charge is -2.29. The Morgan fingerprint density at radius 2 is 1.89 bits per heavy atom. The molecule has 0 radical (unpaired) electrons. The topological polar surface area (TPSA) is 100 Å². The van der Waals surface area contributed by atoms with E-state index in [1.807, 2.05) is 33.8 Å². The molecular formula is C26H30F3N5O3S. The van der Waals surface area contributed by atoms with Crippen LogP contribution >= 0.6 is 11.3 Å². The number of amides is 1. The summed E-state index contributed by atoms with van der Waals surface area (Å²) < 4.78 is 44.7. The fourth-order valence-corrected chi connectivity index (χ4v) is 5.18. The van der Waals surface area contributed by atoms with E-state index in [1.54, 1.807) is 24.1 Å². The highest BCUT2D eigenvalue weighted by Gasteiger charge is 2.42. The number of nitrogens with zero attached hydrogens (tertiary/aromatic N) is 4. The molecule has 0 aromatic carbocycles. The van der Waals surface area contributed by atoms with Gasteiger partial charge in [-0.15, -0.1) is 11.3 Å². The Bertz CT molecular complexity index is 1320. The molecule has 204 valence electrons. The van der Waals surface area contributed by atoms with Crippen molar-refractivity contribution in [1.82, 2.24) is 19.9 Å². The van der Waals surface area contributed by atoms with Crippen LogP contribution in [0.25, 0.3) is 10.6 Å². The third-order valence-electron chi connectivity index (χ3n) is 6.14. The Labute approximate surface area is 222 Å². The molecule has 0 bridgehead atoms. The molecule has 3 aromatic heterocycles. The lowest BCUT2D eigenvalue weighted by molar-refractivity contribution is -0.137. The van der Waals surface area contributed by atoms with Crippen LogP contribution in [-0.4, -0.2) is 49.7 Å². The number of aromatic nitrogens is 3. The summed E-state index contributed by atoms with van der Waals surface area (Å²) in [6, 6.07) is 5.36. The smallest absolute Gasteiger partial charge is 0.416 e. The first-order valence-electron chi connectivity index (χ1n) is 12.1. The number of aryl methyl sites for hydroxylation is 1. The van der Waals surface area contributed by atoms with Gasteiger partial charge in [-0.05, 0) is 70.9 Å². The number of aliphatic hydroxyl groups is 1. The van der Waals surface area contributed by atoms with Gasteiger partial charge >= 0.3 is 12.3 Å². The molecule has 0 saturated carbocycles. The largest absolute Gasteiger partial charge is 0.444 e. The summed E-state index contributed by atoms with van der Waals surface area (Å²) in [6.07, 6.45) is -1.59. The first-order chi connectivity index (χ1) is 17.6. The minimum atomic E-state index is -4.48. The predicted molar refractivity (Wildman–Crippen MR) is 138 cm³/mol. The summed E-state index contributed by atoms with van der Waals surface area (Å²) in [5.74, 6) is 0.119. The molecule has 2 atom stereocenters. The second kappa shape index (κ2) is 10.1. The van der Waals surface area contributed by atoms with Gasteiger partial charge in [-0.2, -0.15) is 13.2 Å². The number of alkyl halides is 3. The van der Waals surface area contributed by atoms with Crippen molar-refractivity contribution in [3.05, 3.63) is 52.8 Å². The molecule has 4 heterocycles. The van der Waals surface area contributed by atoms with Gasteiger partial charge in [0.25, 0.3) is 0 Å². The normalized spacial score (nSPS) is 17.8. The summed E-state index contributed by atoms with van der Waals surface area (Å²) in [5, 5.41) is 14.7. The van der Waals surface area contributed by atoms with Crippen molar-refractivity contribution in [1.29, 1.82) is 0 Å². The highest BCUT2D eigenvalue weighted by Crippen LogP contribution is 2.40. The van der Waals surface area contributed by atoms with Gasteiger partial charge in [0.2, 0.25) is 0 Å². The van der Waals surface area contributed by atoms with E-state index in [9.17, 15) is 23.1 Å². The highest BCUT2D eigenvalue weighted by molar-refractivity contribution is 7.15. The van der Waals surface area contributed by atoms with Crippen molar-refractivity contribution >= 4 is 29.1 Å². The van der Waals surface area contributed by atoms with E-state index in [-0.39, 0.29) is 11.7 Å². The van der Waals surface area contributed by atoms with E-state index in [4.69, 9.17) is 4.74 Å². The number of hydrogen-bond donors (Lipinski definition) is 2. The van der Waals surface area contributed by atoms with Gasteiger partial charge in [0.05, 0.1) is 16.1 Å². The molecule has 2 N–H and O–H groups in total. The van der Waals surface area contributed by atoms with Crippen molar-refractivity contribution < 1.29 is 27.8 Å². The molecule has 4 rings (SSSR count). The third-order valence-corrected chi connectivity index (χ3v) is 7.39. The molecule has 1 aliphatic rings. The van der Waals surface area contributed by atoms with Crippen LogP contribution in [0.2, 0.25) is 0 Å². The molecule has 1 saturated heterocycles. The molecule has 0 spiro atoms. The van der Waals surface area contributed by atoms with Crippen LogP contribution in [0.3, 0.4) is 0 Å². The molecule has 8 nitrogen and oxygen atoms in total. The minimum Gasteiger partial charge on any atom is -0.444 e. The van der Waals surface area contributed by atoms with Crippen molar-refractivity contribution in [3.8, 4) is 10.6 Å². The number of carbonyl (C=O) groups is 1. The quantitative estimate of drug-likeness (QED) is 0.395. The molecule has 1 fully saturated rings. The van der Waals surface area contributed by atoms with E-state index in [0.717, 1.165) is 23.9 Å². The second-order valence-corrected chi connectivity index (χ2v) is 11.6. The van der Waals surface area contributed by atoms with Gasteiger partial charge in [0.1, 0.15) is 27.8 Å². The van der Waals surface area contributed by atoms with Gasteiger partial charge in [0, 0.05) is 31.4 Å². The van der Waals surface area contributed by atoms with Crippen molar-refractivity contribution in [2.75, 3.05) is 18.4 Å². The average molecular weight is 550 g/mol. The number of thiazole rings is 1. The zero-order valence-electron chi connectivity index (χ0n) is 21.8. The molecule has 1 aliphatic heterocycles. The second-order valence-electron chi connectivity index (χ2n) is 10.6. The van der Waals surface area contributed by atoms with Crippen LogP contribution < -0.4 is 5.32 Å². The number of rotatable bonds is 5. The molecule has 2 unspecified atom stereocenters. The van der Waals surface area contributed by atoms with Crippen molar-refractivity contribution in [2.24, 2.45) is 5.92 Å². The molecule has 1 amide bonds. The summed E-state index contributed by atoms with van der Waals surface area (Å²) in [5.41, 5.74) is -1.31. The zero-order chi connectivity index (χ0) is 27.9. The van der Waals surface area contributed by atoms with Gasteiger partial charge in [-0.1, -0.05) is 0 Å². The SMILES string of the molecule is Cc1cc(Nc2cc(C(F)(F)F)ccn2)nc(-c2cnc(C(C)(O)C3CCN(C(=O)OC(C)(C)C)C3)s2)c1. The Hall–Kier alpha value is -3.25. The minimum absolute atomic E-state index is 0.0209. The third kappa shape index (κ3) is 6.41.